The summed E-state index contributed by atoms with van der Waals surface area (Å²) in [6, 6.07) is 6.56. The third-order valence-corrected chi connectivity index (χ3v) is 3.77. The van der Waals surface area contributed by atoms with Crippen molar-refractivity contribution in [3.8, 4) is 5.75 Å². The molecule has 0 saturated carbocycles. The fraction of sp³-hybridized carbons (Fsp3) is 0.625. The van der Waals surface area contributed by atoms with Crippen LogP contribution in [0.2, 0.25) is 0 Å². The summed E-state index contributed by atoms with van der Waals surface area (Å²) in [5.41, 5.74) is 2.55. The molecular formula is C16H26N2O. The first-order valence-corrected chi connectivity index (χ1v) is 7.43. The summed E-state index contributed by atoms with van der Waals surface area (Å²) in [5, 5.41) is 3.44. The van der Waals surface area contributed by atoms with Crippen LogP contribution in [0.5, 0.6) is 5.75 Å². The third kappa shape index (κ3) is 3.87. The van der Waals surface area contributed by atoms with Gasteiger partial charge in [-0.05, 0) is 57.0 Å². The lowest BCUT2D eigenvalue weighted by molar-refractivity contribution is 0.216. The molecule has 1 aromatic carbocycles. The first-order chi connectivity index (χ1) is 9.20. The van der Waals surface area contributed by atoms with Gasteiger partial charge in [-0.25, -0.2) is 0 Å². The predicted molar refractivity (Wildman–Crippen MR) is 81.3 cm³/mol. The molecular weight excluding hydrogens is 236 g/mol. The highest BCUT2D eigenvalue weighted by Crippen LogP contribution is 2.26. The standard InChI is InChI=1S/C16H26N2O/c1-4-14(3)19-16-7-6-15(12-13(16)2)18-10-5-8-17-9-11-18/h6-7,12,14,17H,4-5,8-11H2,1-3H3. The first kappa shape index (κ1) is 14.2. The molecule has 1 fully saturated rings. The number of aryl methyl sites for hydroxylation is 1. The Labute approximate surface area is 116 Å². The van der Waals surface area contributed by atoms with E-state index in [1.807, 2.05) is 0 Å². The fourth-order valence-electron chi connectivity index (χ4n) is 2.37. The normalized spacial score (nSPS) is 17.9. The highest BCUT2D eigenvalue weighted by Gasteiger charge is 2.11. The predicted octanol–water partition coefficient (Wildman–Crippen LogP) is 2.97. The zero-order chi connectivity index (χ0) is 13.7. The van der Waals surface area contributed by atoms with Gasteiger partial charge in [-0.2, -0.15) is 0 Å². The van der Waals surface area contributed by atoms with Crippen molar-refractivity contribution in [2.75, 3.05) is 31.1 Å². The quantitative estimate of drug-likeness (QED) is 0.903. The molecule has 1 saturated heterocycles. The van der Waals surface area contributed by atoms with Gasteiger partial charge < -0.3 is 15.0 Å². The van der Waals surface area contributed by atoms with Crippen molar-refractivity contribution >= 4 is 5.69 Å². The lowest BCUT2D eigenvalue weighted by atomic mass is 10.1. The molecule has 106 valence electrons. The van der Waals surface area contributed by atoms with Gasteiger partial charge in [0.15, 0.2) is 0 Å². The van der Waals surface area contributed by atoms with Crippen molar-refractivity contribution in [2.45, 2.75) is 39.7 Å². The van der Waals surface area contributed by atoms with E-state index in [1.54, 1.807) is 0 Å². The second-order valence-corrected chi connectivity index (χ2v) is 5.38. The first-order valence-electron chi connectivity index (χ1n) is 7.43. The molecule has 0 spiro atoms. The number of rotatable bonds is 4. The van der Waals surface area contributed by atoms with Gasteiger partial charge in [0.1, 0.15) is 5.75 Å². The summed E-state index contributed by atoms with van der Waals surface area (Å²) in [6.07, 6.45) is 2.54. The molecule has 1 aliphatic heterocycles. The van der Waals surface area contributed by atoms with Gasteiger partial charge in [0.05, 0.1) is 6.10 Å². The molecule has 1 heterocycles. The number of benzene rings is 1. The number of anilines is 1. The SMILES string of the molecule is CCC(C)Oc1ccc(N2CCCNCC2)cc1C. The Morgan fingerprint density at radius 3 is 2.89 bits per heavy atom. The van der Waals surface area contributed by atoms with Crippen LogP contribution in [-0.2, 0) is 0 Å². The largest absolute Gasteiger partial charge is 0.490 e. The van der Waals surface area contributed by atoms with Crippen molar-refractivity contribution in [1.82, 2.24) is 5.32 Å². The van der Waals surface area contributed by atoms with Crippen molar-refractivity contribution in [3.05, 3.63) is 23.8 Å². The maximum atomic E-state index is 5.93. The average molecular weight is 262 g/mol. The van der Waals surface area contributed by atoms with Crippen LogP contribution in [0.25, 0.3) is 0 Å². The van der Waals surface area contributed by atoms with Crippen molar-refractivity contribution < 1.29 is 4.74 Å². The van der Waals surface area contributed by atoms with E-state index < -0.39 is 0 Å². The Balaban J connectivity index is 2.08. The van der Waals surface area contributed by atoms with Gasteiger partial charge >= 0.3 is 0 Å². The number of ether oxygens (including phenoxy) is 1. The maximum Gasteiger partial charge on any atom is 0.122 e. The highest BCUT2D eigenvalue weighted by molar-refractivity contribution is 5.53. The van der Waals surface area contributed by atoms with Gasteiger partial charge in [-0.3, -0.25) is 0 Å². The van der Waals surface area contributed by atoms with E-state index in [0.29, 0.717) is 0 Å². The van der Waals surface area contributed by atoms with Crippen LogP contribution >= 0.6 is 0 Å². The van der Waals surface area contributed by atoms with E-state index >= 15 is 0 Å². The summed E-state index contributed by atoms with van der Waals surface area (Å²) in [7, 11) is 0. The number of hydrogen-bond donors (Lipinski definition) is 1. The maximum absolute atomic E-state index is 5.93. The smallest absolute Gasteiger partial charge is 0.122 e. The molecule has 19 heavy (non-hydrogen) atoms. The van der Waals surface area contributed by atoms with Crippen LogP contribution in [0.4, 0.5) is 5.69 Å². The third-order valence-electron chi connectivity index (χ3n) is 3.77. The molecule has 1 aromatic rings. The second-order valence-electron chi connectivity index (χ2n) is 5.38. The Hall–Kier alpha value is -1.22. The van der Waals surface area contributed by atoms with Gasteiger partial charge in [0, 0.05) is 25.3 Å². The molecule has 0 aliphatic carbocycles. The molecule has 1 atom stereocenters. The van der Waals surface area contributed by atoms with Gasteiger partial charge in [0.25, 0.3) is 0 Å². The number of nitrogens with one attached hydrogen (secondary N) is 1. The van der Waals surface area contributed by atoms with Crippen LogP contribution in [-0.4, -0.2) is 32.3 Å². The average Bonchev–Trinajstić information content (AvgIpc) is 2.69. The monoisotopic (exact) mass is 262 g/mol. The summed E-state index contributed by atoms with van der Waals surface area (Å²) in [6.45, 7) is 10.8. The minimum atomic E-state index is 0.284. The lowest BCUT2D eigenvalue weighted by Gasteiger charge is -2.24. The molecule has 3 heteroatoms. The van der Waals surface area contributed by atoms with Crippen LogP contribution in [0.15, 0.2) is 18.2 Å². The molecule has 2 rings (SSSR count). The fourth-order valence-corrected chi connectivity index (χ4v) is 2.37. The van der Waals surface area contributed by atoms with E-state index in [9.17, 15) is 0 Å². The van der Waals surface area contributed by atoms with E-state index in [1.165, 1.54) is 17.7 Å². The van der Waals surface area contributed by atoms with Crippen molar-refractivity contribution in [1.29, 1.82) is 0 Å². The molecule has 3 nitrogen and oxygen atoms in total. The van der Waals surface area contributed by atoms with E-state index in [0.717, 1.165) is 38.3 Å². The highest BCUT2D eigenvalue weighted by atomic mass is 16.5. The molecule has 0 radical (unpaired) electrons. The van der Waals surface area contributed by atoms with E-state index in [4.69, 9.17) is 4.74 Å². The second kappa shape index (κ2) is 6.80. The van der Waals surface area contributed by atoms with E-state index in [2.05, 4.69) is 49.2 Å². The Bertz CT molecular complexity index is 398. The Morgan fingerprint density at radius 2 is 2.16 bits per heavy atom. The van der Waals surface area contributed by atoms with E-state index in [-0.39, 0.29) is 6.10 Å². The number of nitrogens with zero attached hydrogens (tertiary/aromatic N) is 1. The minimum absolute atomic E-state index is 0.284. The molecule has 1 aliphatic rings. The number of hydrogen-bond acceptors (Lipinski definition) is 3. The topological polar surface area (TPSA) is 24.5 Å². The van der Waals surface area contributed by atoms with Gasteiger partial charge in [-0.15, -0.1) is 0 Å². The summed E-state index contributed by atoms with van der Waals surface area (Å²) >= 11 is 0. The summed E-state index contributed by atoms with van der Waals surface area (Å²) in [5.74, 6) is 1.02. The van der Waals surface area contributed by atoms with Gasteiger partial charge in [-0.1, -0.05) is 6.92 Å². The zero-order valence-corrected chi connectivity index (χ0v) is 12.4. The van der Waals surface area contributed by atoms with Crippen LogP contribution in [0.3, 0.4) is 0 Å². The van der Waals surface area contributed by atoms with Crippen LogP contribution in [0, 0.1) is 6.92 Å². The molecule has 0 amide bonds. The molecule has 1 N–H and O–H groups in total. The van der Waals surface area contributed by atoms with Crippen molar-refractivity contribution in [2.24, 2.45) is 0 Å². The summed E-state index contributed by atoms with van der Waals surface area (Å²) in [4.78, 5) is 2.46. The summed E-state index contributed by atoms with van der Waals surface area (Å²) < 4.78 is 5.93. The zero-order valence-electron chi connectivity index (χ0n) is 12.4. The van der Waals surface area contributed by atoms with Crippen LogP contribution < -0.4 is 15.0 Å². The Kier molecular flexibility index (Phi) is 5.08. The molecule has 1 unspecified atom stereocenters. The van der Waals surface area contributed by atoms with Gasteiger partial charge in [0.2, 0.25) is 0 Å². The van der Waals surface area contributed by atoms with Crippen LogP contribution in [0.1, 0.15) is 32.3 Å². The molecule has 0 bridgehead atoms. The van der Waals surface area contributed by atoms with Crippen molar-refractivity contribution in [3.63, 3.8) is 0 Å². The minimum Gasteiger partial charge on any atom is -0.490 e. The Morgan fingerprint density at radius 1 is 1.32 bits per heavy atom. The molecule has 0 aromatic heterocycles. The lowest BCUT2D eigenvalue weighted by Crippen LogP contribution is -2.27.